The summed E-state index contributed by atoms with van der Waals surface area (Å²) in [4.78, 5) is 9.81. The van der Waals surface area contributed by atoms with Gasteiger partial charge in [-0.2, -0.15) is 0 Å². The third-order valence-corrected chi connectivity index (χ3v) is 3.34. The van der Waals surface area contributed by atoms with Gasteiger partial charge < -0.3 is 0 Å². The zero-order chi connectivity index (χ0) is 4.28. The second-order valence-corrected chi connectivity index (χ2v) is 3.44. The van der Waals surface area contributed by atoms with E-state index in [1.165, 1.54) is 8.85 Å². The van der Waals surface area contributed by atoms with Gasteiger partial charge in [0, 0.05) is 0 Å². The Morgan fingerprint density at radius 2 is 2.20 bits per heavy atom. The SMILES string of the molecule is CC(=O)[S][SbH2]. The Bertz CT molecular complexity index is 44.9. The molecular weight excluding hydrogens is 194 g/mol. The van der Waals surface area contributed by atoms with Crippen molar-refractivity contribution in [3.05, 3.63) is 0 Å². The Labute approximate surface area is 47.4 Å². The molecule has 0 atom stereocenters. The Morgan fingerprint density at radius 1 is 2.00 bits per heavy atom. The summed E-state index contributed by atoms with van der Waals surface area (Å²) in [6.07, 6.45) is 0. The van der Waals surface area contributed by atoms with Gasteiger partial charge in [0.2, 0.25) is 0 Å². The van der Waals surface area contributed by atoms with Crippen LogP contribution in [0.25, 0.3) is 0 Å². The molecule has 0 aromatic rings. The Kier molecular flexibility index (Phi) is 3.56. The van der Waals surface area contributed by atoms with E-state index in [-0.39, 0.29) is 5.12 Å². The number of hydrogen-bond acceptors (Lipinski definition) is 2. The van der Waals surface area contributed by atoms with Gasteiger partial charge in [-0.25, -0.2) is 0 Å². The molecule has 0 saturated heterocycles. The third kappa shape index (κ3) is 4.84. The molecule has 0 aliphatic rings. The second kappa shape index (κ2) is 3.04. The van der Waals surface area contributed by atoms with Gasteiger partial charge in [-0.15, -0.1) is 0 Å². The molecule has 5 heavy (non-hydrogen) atoms. The third-order valence-electron chi connectivity index (χ3n) is 0.166. The van der Waals surface area contributed by atoms with E-state index in [0.717, 1.165) is 21.6 Å². The summed E-state index contributed by atoms with van der Waals surface area (Å²) in [6, 6.07) is 0. The first-order valence-electron chi connectivity index (χ1n) is 1.14. The number of hydrogen-bond donors (Lipinski definition) is 0. The maximum atomic E-state index is 9.81. The van der Waals surface area contributed by atoms with Gasteiger partial charge in [-0.1, -0.05) is 0 Å². The van der Waals surface area contributed by atoms with Crippen LogP contribution in [0.5, 0.6) is 0 Å². The summed E-state index contributed by atoms with van der Waals surface area (Å²) in [6.45, 7) is 1.58. The number of carbonyl (C=O) groups excluding carboxylic acids is 1. The van der Waals surface area contributed by atoms with Crippen molar-refractivity contribution in [3.63, 3.8) is 0 Å². The van der Waals surface area contributed by atoms with Crippen LogP contribution in [0, 0.1) is 0 Å². The quantitative estimate of drug-likeness (QED) is 0.503. The van der Waals surface area contributed by atoms with E-state index in [2.05, 4.69) is 0 Å². The van der Waals surface area contributed by atoms with Crippen LogP contribution in [-0.2, 0) is 4.79 Å². The normalized spacial score (nSPS) is 7.60. The minimum absolute atomic E-state index is 0.229. The molecule has 0 fully saturated rings. The summed E-state index contributed by atoms with van der Waals surface area (Å²) < 4.78 is 0. The molecule has 0 bridgehead atoms. The van der Waals surface area contributed by atoms with Gasteiger partial charge in [0.25, 0.3) is 0 Å². The molecular formula is C2H5OSSb. The zero-order valence-electron chi connectivity index (χ0n) is 2.89. The predicted octanol–water partition coefficient (Wildman–Crippen LogP) is -0.186. The number of carbonyl (C=O) groups is 1. The second-order valence-electron chi connectivity index (χ2n) is 0.609. The molecule has 0 aliphatic heterocycles. The van der Waals surface area contributed by atoms with E-state index in [4.69, 9.17) is 0 Å². The predicted molar refractivity (Wildman–Crippen MR) is 26.8 cm³/mol. The van der Waals surface area contributed by atoms with Crippen molar-refractivity contribution in [1.29, 1.82) is 0 Å². The summed E-state index contributed by atoms with van der Waals surface area (Å²) in [5.41, 5.74) is 0. The van der Waals surface area contributed by atoms with Crippen LogP contribution < -0.4 is 0 Å². The fourth-order valence-corrected chi connectivity index (χ4v) is 0. The van der Waals surface area contributed by atoms with Crippen LogP contribution in [-0.4, -0.2) is 26.7 Å². The van der Waals surface area contributed by atoms with Crippen molar-refractivity contribution in [3.8, 4) is 0 Å². The molecule has 30 valence electrons. The van der Waals surface area contributed by atoms with Gasteiger partial charge in [0.1, 0.15) is 0 Å². The first-order valence-corrected chi connectivity index (χ1v) is 6.06. The molecule has 0 unspecified atom stereocenters. The summed E-state index contributed by atoms with van der Waals surface area (Å²) in [7, 11) is 1.37. The van der Waals surface area contributed by atoms with Crippen LogP contribution in [0.15, 0.2) is 0 Å². The van der Waals surface area contributed by atoms with Crippen LogP contribution in [0.2, 0.25) is 0 Å². The molecule has 0 aromatic carbocycles. The van der Waals surface area contributed by atoms with Gasteiger partial charge in [0.15, 0.2) is 0 Å². The van der Waals surface area contributed by atoms with E-state index in [0.29, 0.717) is 0 Å². The van der Waals surface area contributed by atoms with Crippen molar-refractivity contribution in [1.82, 2.24) is 0 Å². The van der Waals surface area contributed by atoms with Crippen LogP contribution in [0.1, 0.15) is 6.92 Å². The molecule has 0 radical (unpaired) electrons. The summed E-state index contributed by atoms with van der Waals surface area (Å²) >= 11 is 0.993. The maximum absolute atomic E-state index is 9.81. The Morgan fingerprint density at radius 3 is 2.20 bits per heavy atom. The first kappa shape index (κ1) is 5.84. The molecule has 1 nitrogen and oxygen atoms in total. The average Bonchev–Trinajstić information content (AvgIpc) is 1.38. The molecule has 3 heteroatoms. The van der Waals surface area contributed by atoms with Gasteiger partial charge in [-0.05, 0) is 0 Å². The molecule has 0 heterocycles. The minimum atomic E-state index is 0.229. The monoisotopic (exact) mass is 198 g/mol. The van der Waals surface area contributed by atoms with Crippen LogP contribution >= 0.6 is 8.85 Å². The van der Waals surface area contributed by atoms with Crippen molar-refractivity contribution >= 4 is 35.6 Å². The average molecular weight is 199 g/mol. The number of rotatable bonds is 0. The molecule has 0 saturated carbocycles. The van der Waals surface area contributed by atoms with Gasteiger partial charge >= 0.3 is 47.3 Å². The van der Waals surface area contributed by atoms with Crippen molar-refractivity contribution in [2.24, 2.45) is 0 Å². The topological polar surface area (TPSA) is 17.1 Å². The van der Waals surface area contributed by atoms with Gasteiger partial charge in [0.05, 0.1) is 0 Å². The molecule has 0 spiro atoms. The van der Waals surface area contributed by atoms with E-state index < -0.39 is 0 Å². The summed E-state index contributed by atoms with van der Waals surface area (Å²) in [5, 5.41) is 0.229. The Balaban J connectivity index is 2.85. The Hall–Kier alpha value is 0.838. The van der Waals surface area contributed by atoms with Crippen molar-refractivity contribution in [2.45, 2.75) is 6.92 Å². The fraction of sp³-hybridized carbons (Fsp3) is 0.500. The molecule has 0 aromatic heterocycles. The van der Waals surface area contributed by atoms with Crippen molar-refractivity contribution in [2.75, 3.05) is 0 Å². The van der Waals surface area contributed by atoms with Crippen molar-refractivity contribution < 1.29 is 4.79 Å². The zero-order valence-corrected chi connectivity index (χ0v) is 7.01. The molecule has 0 aliphatic carbocycles. The van der Waals surface area contributed by atoms with Crippen LogP contribution in [0.3, 0.4) is 0 Å². The van der Waals surface area contributed by atoms with E-state index in [1.807, 2.05) is 0 Å². The summed E-state index contributed by atoms with van der Waals surface area (Å²) in [5.74, 6) is 0. The van der Waals surface area contributed by atoms with E-state index >= 15 is 0 Å². The van der Waals surface area contributed by atoms with Crippen LogP contribution in [0.4, 0.5) is 0 Å². The molecule has 0 N–H and O–H groups in total. The van der Waals surface area contributed by atoms with Gasteiger partial charge in [-0.3, -0.25) is 0 Å². The molecule has 0 amide bonds. The standard InChI is InChI=1S/C2H4OS.Sb.2H/c1-2(3)4;;;/h1H3,(H,3,4);;;/q;+1;;/p-1. The fourth-order valence-electron chi connectivity index (χ4n) is 0. The van der Waals surface area contributed by atoms with E-state index in [9.17, 15) is 4.79 Å². The first-order chi connectivity index (χ1) is 2.27. The van der Waals surface area contributed by atoms with E-state index in [1.54, 1.807) is 6.92 Å². The molecule has 0 rings (SSSR count).